The molecule has 2 rings (SSSR count). The molecule has 2 N–H and O–H groups in total. The Morgan fingerprint density at radius 1 is 1.28 bits per heavy atom. The molecule has 1 saturated carbocycles. The maximum absolute atomic E-state index is 12.2. The number of hydrogen-bond donors (Lipinski definition) is 2. The quantitative estimate of drug-likeness (QED) is 0.753. The van der Waals surface area contributed by atoms with E-state index in [1.165, 1.54) is 18.4 Å². The lowest BCUT2D eigenvalue weighted by atomic mass is 9.86. The summed E-state index contributed by atoms with van der Waals surface area (Å²) in [7, 11) is 1.36. The van der Waals surface area contributed by atoms with Crippen LogP contribution in [0.1, 0.15) is 48.5 Å². The molecule has 138 valence electrons. The lowest BCUT2D eigenvalue weighted by Crippen LogP contribution is -2.43. The lowest BCUT2D eigenvalue weighted by molar-refractivity contribution is -0.152. The van der Waals surface area contributed by atoms with E-state index >= 15 is 0 Å². The summed E-state index contributed by atoms with van der Waals surface area (Å²) in [5.41, 5.74) is 0.465. The first-order valence-corrected chi connectivity index (χ1v) is 9.20. The summed E-state index contributed by atoms with van der Waals surface area (Å²) < 4.78 is 9.93. The summed E-state index contributed by atoms with van der Waals surface area (Å²) >= 11 is 1.26. The molecule has 1 heterocycles. The second-order valence-electron chi connectivity index (χ2n) is 6.13. The zero-order valence-electron chi connectivity index (χ0n) is 14.8. The Bertz CT molecular complexity index is 649. The first kappa shape index (κ1) is 19.2. The Balaban J connectivity index is 2.01. The van der Waals surface area contributed by atoms with Crippen LogP contribution in [0.3, 0.4) is 0 Å². The van der Waals surface area contributed by atoms with Gasteiger partial charge in [-0.05, 0) is 37.6 Å². The van der Waals surface area contributed by atoms with Crippen molar-refractivity contribution in [3.63, 3.8) is 0 Å². The third kappa shape index (κ3) is 4.31. The van der Waals surface area contributed by atoms with Crippen LogP contribution in [-0.2, 0) is 14.3 Å². The third-order valence-corrected chi connectivity index (χ3v) is 5.46. The van der Waals surface area contributed by atoms with E-state index in [2.05, 4.69) is 10.6 Å². The molecule has 1 aliphatic rings. The molecule has 7 nitrogen and oxygen atoms in total. The average Bonchev–Trinajstić information content (AvgIpc) is 3.20. The van der Waals surface area contributed by atoms with Gasteiger partial charge in [0.1, 0.15) is 5.00 Å². The number of thiophene rings is 1. The van der Waals surface area contributed by atoms with Crippen LogP contribution in [-0.4, -0.2) is 38.2 Å². The second kappa shape index (κ2) is 8.33. The highest BCUT2D eigenvalue weighted by Gasteiger charge is 2.42. The van der Waals surface area contributed by atoms with E-state index < -0.39 is 17.4 Å². The molecule has 0 aromatic carbocycles. The fourth-order valence-corrected chi connectivity index (χ4v) is 4.04. The molecular formula is C17H24N2O5S. The summed E-state index contributed by atoms with van der Waals surface area (Å²) in [6, 6.07) is -0.456. The Labute approximate surface area is 151 Å². The van der Waals surface area contributed by atoms with Gasteiger partial charge in [-0.15, -0.1) is 11.3 Å². The van der Waals surface area contributed by atoms with E-state index in [0.29, 0.717) is 23.4 Å². The van der Waals surface area contributed by atoms with E-state index in [0.717, 1.165) is 18.4 Å². The maximum atomic E-state index is 12.2. The molecule has 0 saturated heterocycles. The number of esters is 2. The Morgan fingerprint density at radius 2 is 1.96 bits per heavy atom. The fraction of sp³-hybridized carbons (Fsp3) is 0.588. The number of rotatable bonds is 6. The second-order valence-corrected chi connectivity index (χ2v) is 7.01. The molecule has 0 unspecified atom stereocenters. The molecule has 1 aromatic heterocycles. The number of methoxy groups -OCH3 is 1. The minimum atomic E-state index is -0.651. The van der Waals surface area contributed by atoms with Crippen molar-refractivity contribution in [2.75, 3.05) is 25.6 Å². The van der Waals surface area contributed by atoms with Crippen molar-refractivity contribution in [2.45, 2.75) is 39.5 Å². The Kier molecular flexibility index (Phi) is 6.41. The molecular weight excluding hydrogens is 344 g/mol. The van der Waals surface area contributed by atoms with Crippen LogP contribution in [0.2, 0.25) is 0 Å². The van der Waals surface area contributed by atoms with Crippen molar-refractivity contribution >= 4 is 34.3 Å². The van der Waals surface area contributed by atoms with Crippen molar-refractivity contribution < 1.29 is 23.9 Å². The number of nitrogens with one attached hydrogen (secondary N) is 2. The zero-order valence-corrected chi connectivity index (χ0v) is 15.6. The van der Waals surface area contributed by atoms with Crippen molar-refractivity contribution in [3.8, 4) is 0 Å². The molecule has 1 aliphatic carbocycles. The maximum Gasteiger partial charge on any atom is 0.341 e. The normalized spacial score (nSPS) is 15.5. The SMILES string of the molecule is CCOC(=O)c1c(C)csc1NC(=O)NCC1(C(=O)OC)CCCC1. The molecule has 0 aliphatic heterocycles. The first-order valence-electron chi connectivity index (χ1n) is 8.32. The number of aryl methyl sites for hydroxylation is 1. The van der Waals surface area contributed by atoms with Crippen LogP contribution in [0, 0.1) is 12.3 Å². The van der Waals surface area contributed by atoms with Crippen molar-refractivity contribution in [1.29, 1.82) is 0 Å². The standard InChI is InChI=1S/C17H24N2O5S/c1-4-24-14(20)12-11(2)9-25-13(12)19-16(22)18-10-17(15(21)23-3)7-5-6-8-17/h9H,4-8,10H2,1-3H3,(H2,18,19,22). The number of hydrogen-bond acceptors (Lipinski definition) is 6. The van der Waals surface area contributed by atoms with Crippen molar-refractivity contribution in [2.24, 2.45) is 5.41 Å². The Morgan fingerprint density at radius 3 is 2.56 bits per heavy atom. The van der Waals surface area contributed by atoms with Crippen LogP contribution in [0.4, 0.5) is 9.80 Å². The molecule has 25 heavy (non-hydrogen) atoms. The van der Waals surface area contributed by atoms with Crippen LogP contribution < -0.4 is 10.6 Å². The monoisotopic (exact) mass is 368 g/mol. The molecule has 1 fully saturated rings. The molecule has 8 heteroatoms. The molecule has 0 spiro atoms. The largest absolute Gasteiger partial charge is 0.469 e. The number of amides is 2. The van der Waals surface area contributed by atoms with Gasteiger partial charge in [0.25, 0.3) is 0 Å². The van der Waals surface area contributed by atoms with E-state index in [4.69, 9.17) is 9.47 Å². The summed E-state index contributed by atoms with van der Waals surface area (Å²) in [4.78, 5) is 36.3. The predicted octanol–water partition coefficient (Wildman–Crippen LogP) is 3.09. The third-order valence-electron chi connectivity index (χ3n) is 4.45. The van der Waals surface area contributed by atoms with Crippen LogP contribution in [0.5, 0.6) is 0 Å². The summed E-state index contributed by atoms with van der Waals surface area (Å²) in [6.07, 6.45) is 3.28. The van der Waals surface area contributed by atoms with Gasteiger partial charge in [0.2, 0.25) is 0 Å². The molecule has 0 atom stereocenters. The smallest absolute Gasteiger partial charge is 0.341 e. The first-order chi connectivity index (χ1) is 11.9. The Hall–Kier alpha value is -2.09. The van der Waals surface area contributed by atoms with E-state index in [1.54, 1.807) is 19.2 Å². The van der Waals surface area contributed by atoms with Gasteiger partial charge in [-0.3, -0.25) is 10.1 Å². The highest BCUT2D eigenvalue weighted by Crippen LogP contribution is 2.38. The van der Waals surface area contributed by atoms with Crippen LogP contribution in [0.15, 0.2) is 5.38 Å². The lowest BCUT2D eigenvalue weighted by Gasteiger charge is -2.25. The van der Waals surface area contributed by atoms with Crippen molar-refractivity contribution in [1.82, 2.24) is 5.32 Å². The molecule has 2 amide bonds. The summed E-state index contributed by atoms with van der Waals surface area (Å²) in [5, 5.41) is 7.65. The van der Waals surface area contributed by atoms with Gasteiger partial charge in [-0.2, -0.15) is 0 Å². The van der Waals surface area contributed by atoms with Gasteiger partial charge in [0.05, 0.1) is 24.7 Å². The highest BCUT2D eigenvalue weighted by molar-refractivity contribution is 7.15. The van der Waals surface area contributed by atoms with Gasteiger partial charge in [-0.1, -0.05) is 12.8 Å². The summed E-state index contributed by atoms with van der Waals surface area (Å²) in [6.45, 7) is 4.00. The minimum absolute atomic E-state index is 0.213. The topological polar surface area (TPSA) is 93.7 Å². The molecule has 0 bridgehead atoms. The van der Waals surface area contributed by atoms with Gasteiger partial charge < -0.3 is 14.8 Å². The highest BCUT2D eigenvalue weighted by atomic mass is 32.1. The van der Waals surface area contributed by atoms with E-state index in [-0.39, 0.29) is 19.1 Å². The number of ether oxygens (including phenoxy) is 2. The fourth-order valence-electron chi connectivity index (χ4n) is 3.11. The van der Waals surface area contributed by atoms with Gasteiger partial charge in [0, 0.05) is 6.54 Å². The molecule has 0 radical (unpaired) electrons. The molecule has 1 aromatic rings. The number of anilines is 1. The van der Waals surface area contributed by atoms with Gasteiger partial charge in [-0.25, -0.2) is 9.59 Å². The average molecular weight is 368 g/mol. The summed E-state index contributed by atoms with van der Waals surface area (Å²) in [5.74, 6) is -0.747. The van der Waals surface area contributed by atoms with Crippen molar-refractivity contribution in [3.05, 3.63) is 16.5 Å². The number of carbonyl (C=O) groups excluding carboxylic acids is 3. The van der Waals surface area contributed by atoms with Gasteiger partial charge in [0.15, 0.2) is 0 Å². The zero-order chi connectivity index (χ0) is 18.4. The van der Waals surface area contributed by atoms with Gasteiger partial charge >= 0.3 is 18.0 Å². The van der Waals surface area contributed by atoms with E-state index in [9.17, 15) is 14.4 Å². The number of urea groups is 1. The minimum Gasteiger partial charge on any atom is -0.469 e. The van der Waals surface area contributed by atoms with Crippen LogP contribution in [0.25, 0.3) is 0 Å². The van der Waals surface area contributed by atoms with E-state index in [1.807, 2.05) is 0 Å². The number of carbonyl (C=O) groups is 3. The predicted molar refractivity (Wildman–Crippen MR) is 95.0 cm³/mol. The van der Waals surface area contributed by atoms with Crippen LogP contribution >= 0.6 is 11.3 Å².